The van der Waals surface area contributed by atoms with E-state index in [0.717, 1.165) is 28.4 Å². The molecule has 0 aromatic carbocycles. The molecule has 0 atom stereocenters. The third kappa shape index (κ3) is 2.99. The van der Waals surface area contributed by atoms with Crippen LogP contribution in [0, 0.1) is 6.92 Å². The lowest BCUT2D eigenvalue weighted by Crippen LogP contribution is -2.23. The molecule has 0 bridgehead atoms. The van der Waals surface area contributed by atoms with Crippen molar-refractivity contribution in [1.29, 1.82) is 0 Å². The highest BCUT2D eigenvalue weighted by atomic mass is 32.1. The average molecular weight is 311 g/mol. The van der Waals surface area contributed by atoms with Gasteiger partial charge in [-0.15, -0.1) is 5.10 Å². The zero-order chi connectivity index (χ0) is 15.4. The summed E-state index contributed by atoms with van der Waals surface area (Å²) in [7, 11) is 0. The molecule has 0 radical (unpaired) electrons. The Balaban J connectivity index is 1.79. The van der Waals surface area contributed by atoms with Crippen LogP contribution < -0.4 is 5.32 Å². The molecule has 3 aromatic rings. The highest BCUT2D eigenvalue weighted by Gasteiger charge is 2.14. The summed E-state index contributed by atoms with van der Waals surface area (Å²) in [5.74, 6) is -0.169. The van der Waals surface area contributed by atoms with E-state index in [0.29, 0.717) is 17.1 Å². The molecule has 6 nitrogen and oxygen atoms in total. The van der Waals surface area contributed by atoms with Crippen LogP contribution >= 0.6 is 11.5 Å². The van der Waals surface area contributed by atoms with Crippen LogP contribution in [-0.2, 0) is 6.54 Å². The third-order valence-corrected chi connectivity index (χ3v) is 3.97. The molecule has 0 saturated carbocycles. The van der Waals surface area contributed by atoms with Crippen molar-refractivity contribution in [3.63, 3.8) is 0 Å². The van der Waals surface area contributed by atoms with E-state index in [1.807, 2.05) is 24.3 Å². The molecule has 0 unspecified atom stereocenters. The number of carbonyl (C=O) groups is 1. The van der Waals surface area contributed by atoms with E-state index in [-0.39, 0.29) is 5.91 Å². The molecule has 0 aliphatic carbocycles. The summed E-state index contributed by atoms with van der Waals surface area (Å²) >= 11 is 1.10. The van der Waals surface area contributed by atoms with Crippen LogP contribution in [0.4, 0.5) is 0 Å². The van der Waals surface area contributed by atoms with Gasteiger partial charge in [0.05, 0.1) is 11.4 Å². The van der Waals surface area contributed by atoms with Crippen molar-refractivity contribution in [2.45, 2.75) is 13.5 Å². The second-order valence-corrected chi connectivity index (χ2v) is 5.37. The zero-order valence-corrected chi connectivity index (χ0v) is 12.7. The Morgan fingerprint density at radius 3 is 2.77 bits per heavy atom. The number of nitrogens with zero attached hydrogens (tertiary/aromatic N) is 4. The maximum atomic E-state index is 12.1. The van der Waals surface area contributed by atoms with E-state index >= 15 is 0 Å². The Morgan fingerprint density at radius 2 is 2.05 bits per heavy atom. The maximum Gasteiger partial charge on any atom is 0.265 e. The number of amides is 1. The zero-order valence-electron chi connectivity index (χ0n) is 11.9. The van der Waals surface area contributed by atoms with Crippen LogP contribution in [0.5, 0.6) is 0 Å². The van der Waals surface area contributed by atoms with Crippen molar-refractivity contribution >= 4 is 17.4 Å². The summed E-state index contributed by atoms with van der Waals surface area (Å²) in [4.78, 5) is 21.1. The number of pyridine rings is 2. The van der Waals surface area contributed by atoms with Gasteiger partial charge in [0.25, 0.3) is 5.91 Å². The van der Waals surface area contributed by atoms with E-state index < -0.39 is 0 Å². The van der Waals surface area contributed by atoms with E-state index in [9.17, 15) is 4.79 Å². The van der Waals surface area contributed by atoms with Crippen LogP contribution in [0.2, 0.25) is 0 Å². The molecule has 7 heteroatoms. The summed E-state index contributed by atoms with van der Waals surface area (Å²) in [6.07, 6.45) is 5.18. The van der Waals surface area contributed by atoms with E-state index in [1.165, 1.54) is 0 Å². The molecular weight excluding hydrogens is 298 g/mol. The number of carbonyl (C=O) groups excluding carboxylic acids is 1. The van der Waals surface area contributed by atoms with Crippen molar-refractivity contribution in [3.05, 3.63) is 59.0 Å². The SMILES string of the molecule is Cc1nnsc1C(=O)NCc1cccnc1-c1ccncc1. The van der Waals surface area contributed by atoms with Gasteiger partial charge in [-0.1, -0.05) is 10.6 Å². The van der Waals surface area contributed by atoms with Gasteiger partial charge in [0.15, 0.2) is 0 Å². The fraction of sp³-hybridized carbons (Fsp3) is 0.133. The monoisotopic (exact) mass is 311 g/mol. The largest absolute Gasteiger partial charge is 0.347 e. The summed E-state index contributed by atoms with van der Waals surface area (Å²) in [5.41, 5.74) is 3.39. The van der Waals surface area contributed by atoms with Gasteiger partial charge >= 0.3 is 0 Å². The fourth-order valence-electron chi connectivity index (χ4n) is 2.05. The topological polar surface area (TPSA) is 80.7 Å². The molecule has 22 heavy (non-hydrogen) atoms. The molecular formula is C15H13N5OS. The Morgan fingerprint density at radius 1 is 1.23 bits per heavy atom. The minimum absolute atomic E-state index is 0.169. The maximum absolute atomic E-state index is 12.1. The number of hydrogen-bond donors (Lipinski definition) is 1. The number of hydrogen-bond acceptors (Lipinski definition) is 6. The van der Waals surface area contributed by atoms with Crippen LogP contribution in [-0.4, -0.2) is 25.5 Å². The first kappa shape index (κ1) is 14.3. The van der Waals surface area contributed by atoms with Crippen molar-refractivity contribution in [2.75, 3.05) is 0 Å². The second kappa shape index (κ2) is 6.40. The van der Waals surface area contributed by atoms with Crippen LogP contribution in [0.3, 0.4) is 0 Å². The fourth-order valence-corrected chi connectivity index (χ4v) is 2.62. The second-order valence-electron chi connectivity index (χ2n) is 4.62. The Hall–Kier alpha value is -2.67. The lowest BCUT2D eigenvalue weighted by molar-refractivity contribution is 0.0954. The lowest BCUT2D eigenvalue weighted by Gasteiger charge is -2.09. The van der Waals surface area contributed by atoms with Gasteiger partial charge in [-0.25, -0.2) is 0 Å². The van der Waals surface area contributed by atoms with Crippen LogP contribution in [0.1, 0.15) is 20.9 Å². The van der Waals surface area contributed by atoms with Gasteiger partial charge in [0, 0.05) is 30.7 Å². The minimum atomic E-state index is -0.169. The molecule has 0 aliphatic rings. The van der Waals surface area contributed by atoms with E-state index in [1.54, 1.807) is 25.5 Å². The predicted molar refractivity (Wildman–Crippen MR) is 83.3 cm³/mol. The van der Waals surface area contributed by atoms with Crippen molar-refractivity contribution in [1.82, 2.24) is 24.9 Å². The molecule has 110 valence electrons. The lowest BCUT2D eigenvalue weighted by atomic mass is 10.1. The Kier molecular flexibility index (Phi) is 4.15. The molecule has 0 aliphatic heterocycles. The summed E-state index contributed by atoms with van der Waals surface area (Å²) in [6, 6.07) is 7.59. The average Bonchev–Trinajstić information content (AvgIpc) is 3.00. The quantitative estimate of drug-likeness (QED) is 0.799. The predicted octanol–water partition coefficient (Wildman–Crippen LogP) is 2.23. The van der Waals surface area contributed by atoms with Gasteiger partial charge in [0.1, 0.15) is 4.88 Å². The third-order valence-electron chi connectivity index (χ3n) is 3.14. The summed E-state index contributed by atoms with van der Waals surface area (Å²) in [5, 5.41) is 6.73. The first-order valence-electron chi connectivity index (χ1n) is 6.67. The first-order chi connectivity index (χ1) is 10.8. The van der Waals surface area contributed by atoms with Gasteiger partial charge in [-0.2, -0.15) is 0 Å². The number of rotatable bonds is 4. The number of nitrogens with one attached hydrogen (secondary N) is 1. The number of aromatic nitrogens is 4. The molecule has 3 rings (SSSR count). The standard InChI is InChI=1S/C15H13N5OS/c1-10-14(22-20-19-10)15(21)18-9-12-3-2-6-17-13(12)11-4-7-16-8-5-11/h2-8H,9H2,1H3,(H,18,21). The molecule has 1 N–H and O–H groups in total. The normalized spacial score (nSPS) is 10.4. The Labute approximate surface area is 131 Å². The van der Waals surface area contributed by atoms with Crippen LogP contribution in [0.25, 0.3) is 11.3 Å². The summed E-state index contributed by atoms with van der Waals surface area (Å²) in [6.45, 7) is 2.16. The van der Waals surface area contributed by atoms with Gasteiger partial charge in [0.2, 0.25) is 0 Å². The van der Waals surface area contributed by atoms with E-state index in [4.69, 9.17) is 0 Å². The molecule has 0 fully saturated rings. The van der Waals surface area contributed by atoms with Crippen molar-refractivity contribution in [2.24, 2.45) is 0 Å². The van der Waals surface area contributed by atoms with Gasteiger partial charge < -0.3 is 5.32 Å². The molecule has 3 heterocycles. The minimum Gasteiger partial charge on any atom is -0.347 e. The molecule has 1 amide bonds. The highest BCUT2D eigenvalue weighted by Crippen LogP contribution is 2.20. The van der Waals surface area contributed by atoms with E-state index in [2.05, 4.69) is 24.9 Å². The summed E-state index contributed by atoms with van der Waals surface area (Å²) < 4.78 is 3.77. The van der Waals surface area contributed by atoms with Crippen LogP contribution in [0.15, 0.2) is 42.9 Å². The first-order valence-corrected chi connectivity index (χ1v) is 7.44. The Bertz CT molecular complexity index is 787. The van der Waals surface area contributed by atoms with Gasteiger partial charge in [-0.05, 0) is 42.2 Å². The molecule has 0 spiro atoms. The number of aryl methyl sites for hydroxylation is 1. The smallest absolute Gasteiger partial charge is 0.265 e. The molecule has 3 aromatic heterocycles. The van der Waals surface area contributed by atoms with Crippen molar-refractivity contribution in [3.8, 4) is 11.3 Å². The highest BCUT2D eigenvalue weighted by molar-refractivity contribution is 7.07. The van der Waals surface area contributed by atoms with Crippen molar-refractivity contribution < 1.29 is 4.79 Å². The van der Waals surface area contributed by atoms with Gasteiger partial charge in [-0.3, -0.25) is 14.8 Å². The molecule has 0 saturated heterocycles.